The maximum absolute atomic E-state index is 2.33. The first-order valence-corrected chi connectivity index (χ1v) is 4.09. The molecule has 11 heavy (non-hydrogen) atoms. The van der Waals surface area contributed by atoms with Crippen LogP contribution in [0.15, 0.2) is 0 Å². The molecule has 0 nitrogen and oxygen atoms in total. The molecule has 0 aliphatic rings. The fourth-order valence-electron chi connectivity index (χ4n) is 0.875. The summed E-state index contributed by atoms with van der Waals surface area (Å²) in [5.41, 5.74) is 0. The summed E-state index contributed by atoms with van der Waals surface area (Å²) in [6, 6.07) is 0. The van der Waals surface area contributed by atoms with E-state index in [0.717, 1.165) is 5.92 Å². The van der Waals surface area contributed by atoms with E-state index in [2.05, 4.69) is 27.2 Å². The van der Waals surface area contributed by atoms with Crippen molar-refractivity contribution in [3.63, 3.8) is 0 Å². The zero-order valence-electron chi connectivity index (χ0n) is 8.56. The van der Waals surface area contributed by atoms with Gasteiger partial charge in [-0.2, -0.15) is 13.3 Å². The monoisotopic (exact) mass is 231 g/mol. The Bertz CT molecular complexity index is 52.8. The summed E-state index contributed by atoms with van der Waals surface area (Å²) >= 11 is 0. The molecule has 1 heteroatoms. The van der Waals surface area contributed by atoms with E-state index < -0.39 is 0 Å². The van der Waals surface area contributed by atoms with E-state index in [1.807, 2.05) is 0 Å². The normalized spacial score (nSPS) is 11.2. The molecule has 0 saturated heterocycles. The van der Waals surface area contributed by atoms with Crippen LogP contribution in [0.1, 0.15) is 46.5 Å². The Labute approximate surface area is 98.4 Å². The van der Waals surface area contributed by atoms with Gasteiger partial charge in [0.15, 0.2) is 0 Å². The van der Waals surface area contributed by atoms with Crippen LogP contribution in [0.25, 0.3) is 0 Å². The minimum Gasteiger partial charge on any atom is -0.358 e. The van der Waals surface area contributed by atoms with Crippen LogP contribution in [0.2, 0.25) is 0 Å². The smallest absolute Gasteiger partial charge is 0 e. The van der Waals surface area contributed by atoms with Crippen LogP contribution >= 0.6 is 0 Å². The Morgan fingerprint density at radius 1 is 1.36 bits per heavy atom. The van der Waals surface area contributed by atoms with Crippen molar-refractivity contribution >= 4 is 0 Å². The van der Waals surface area contributed by atoms with Crippen molar-refractivity contribution < 1.29 is 32.7 Å². The first-order valence-electron chi connectivity index (χ1n) is 4.09. The molecule has 0 aromatic carbocycles. The van der Waals surface area contributed by atoms with Crippen LogP contribution in [0.4, 0.5) is 0 Å². The third-order valence-corrected chi connectivity index (χ3v) is 1.89. The molecule has 0 rings (SSSR count). The van der Waals surface area contributed by atoms with Crippen molar-refractivity contribution in [1.29, 1.82) is 0 Å². The first-order chi connectivity index (χ1) is 4.31. The third-order valence-electron chi connectivity index (χ3n) is 1.89. The Hall–Kier alpha value is 1.10. The quantitative estimate of drug-likeness (QED) is 0.497. The summed E-state index contributed by atoms with van der Waals surface area (Å²) in [7, 11) is 0. The second-order valence-corrected chi connectivity index (χ2v) is 2.85. The van der Waals surface area contributed by atoms with E-state index in [0.29, 0.717) is 0 Å². The van der Waals surface area contributed by atoms with Gasteiger partial charge >= 0.3 is 0 Å². The van der Waals surface area contributed by atoms with Gasteiger partial charge in [-0.3, -0.25) is 0 Å². The van der Waals surface area contributed by atoms with E-state index in [9.17, 15) is 0 Å². The zero-order valence-corrected chi connectivity index (χ0v) is 11.4. The van der Waals surface area contributed by atoms with Crippen molar-refractivity contribution in [3.05, 3.63) is 13.8 Å². The van der Waals surface area contributed by atoms with Crippen LogP contribution in [0.3, 0.4) is 0 Å². The third kappa shape index (κ3) is 14.0. The molecular weight excluding hydrogens is 209 g/mol. The summed E-state index contributed by atoms with van der Waals surface area (Å²) in [5.74, 6) is 0.935. The molecule has 0 bridgehead atoms. The molecular formula is C10H22Y-2. The van der Waals surface area contributed by atoms with Crippen LogP contribution in [0.5, 0.6) is 0 Å². The Kier molecular flexibility index (Phi) is 22.4. The van der Waals surface area contributed by atoms with Gasteiger partial charge in [-0.15, -0.1) is 0 Å². The van der Waals surface area contributed by atoms with Gasteiger partial charge in [-0.1, -0.05) is 33.1 Å². The predicted octanol–water partition coefficient (Wildman–Crippen LogP) is 3.87. The molecule has 0 heterocycles. The van der Waals surface area contributed by atoms with E-state index in [4.69, 9.17) is 0 Å². The molecule has 0 aromatic heterocycles. The summed E-state index contributed by atoms with van der Waals surface area (Å²) in [6.07, 6.45) is 7.67. The second kappa shape index (κ2) is 13.7. The molecule has 1 atom stereocenters. The van der Waals surface area contributed by atoms with Gasteiger partial charge in [0.2, 0.25) is 0 Å². The molecule has 0 fully saturated rings. The summed E-state index contributed by atoms with van der Waals surface area (Å²) in [6.45, 7) is 6.73. The second-order valence-electron chi connectivity index (χ2n) is 2.85. The van der Waals surface area contributed by atoms with Crippen LogP contribution in [-0.4, -0.2) is 0 Å². The van der Waals surface area contributed by atoms with Crippen molar-refractivity contribution in [2.45, 2.75) is 46.5 Å². The molecule has 0 spiro atoms. The molecule has 67 valence electrons. The maximum atomic E-state index is 2.33. The average Bonchev–Trinajstić information content (AvgIpc) is 1.89. The Morgan fingerprint density at radius 2 is 1.91 bits per heavy atom. The van der Waals surface area contributed by atoms with Gasteiger partial charge in [0.25, 0.3) is 0 Å². The van der Waals surface area contributed by atoms with Gasteiger partial charge in [-0.25, -0.2) is 0 Å². The van der Waals surface area contributed by atoms with E-state index in [1.165, 1.54) is 25.7 Å². The van der Waals surface area contributed by atoms with Gasteiger partial charge in [0, 0.05) is 32.7 Å². The number of unbranched alkanes of at least 4 members (excludes halogenated alkanes) is 2. The molecule has 0 aliphatic heterocycles. The molecule has 0 N–H and O–H groups in total. The number of hydrogen-bond donors (Lipinski definition) is 0. The van der Waals surface area contributed by atoms with E-state index in [-0.39, 0.29) is 40.1 Å². The molecule has 1 unspecified atom stereocenters. The fraction of sp³-hybridized carbons (Fsp3) is 0.800. The minimum atomic E-state index is 0. The largest absolute Gasteiger partial charge is 0.358 e. The van der Waals surface area contributed by atoms with Crippen molar-refractivity contribution in [2.75, 3.05) is 0 Å². The molecule has 1 radical (unpaired) electrons. The molecule has 0 saturated carbocycles. The van der Waals surface area contributed by atoms with Crippen molar-refractivity contribution in [2.24, 2.45) is 5.92 Å². The Morgan fingerprint density at radius 3 is 2.27 bits per heavy atom. The summed E-state index contributed by atoms with van der Waals surface area (Å²) < 4.78 is 0. The maximum Gasteiger partial charge on any atom is 0 e. The van der Waals surface area contributed by atoms with Crippen LogP contribution in [0, 0.1) is 19.8 Å². The SMILES string of the molecule is C[CH-]CCCC(C)CC.[CH3-].[Y]. The first kappa shape index (κ1) is 18.0. The number of hydrogen-bond acceptors (Lipinski definition) is 0. The minimum absolute atomic E-state index is 0. The average molecular weight is 231 g/mol. The molecule has 0 aromatic rings. The van der Waals surface area contributed by atoms with Gasteiger partial charge in [0.1, 0.15) is 0 Å². The zero-order chi connectivity index (χ0) is 7.11. The summed E-state index contributed by atoms with van der Waals surface area (Å²) in [5, 5.41) is 0. The topological polar surface area (TPSA) is 0 Å². The van der Waals surface area contributed by atoms with Gasteiger partial charge < -0.3 is 13.8 Å². The van der Waals surface area contributed by atoms with Crippen molar-refractivity contribution in [1.82, 2.24) is 0 Å². The predicted molar refractivity (Wildman–Crippen MR) is 49.7 cm³/mol. The summed E-state index contributed by atoms with van der Waals surface area (Å²) in [4.78, 5) is 0. The fourth-order valence-corrected chi connectivity index (χ4v) is 0.875. The molecule has 0 aliphatic carbocycles. The van der Waals surface area contributed by atoms with E-state index in [1.54, 1.807) is 0 Å². The van der Waals surface area contributed by atoms with Crippen LogP contribution < -0.4 is 0 Å². The standard InChI is InChI=1S/C9H19.CH3.Y/c1-4-6-7-8-9(3)5-2;;/h4,9H,5-8H2,1-3H3;1H3;/q2*-1;. The Balaban J connectivity index is -0.000000320. The number of rotatable bonds is 5. The van der Waals surface area contributed by atoms with Crippen molar-refractivity contribution in [3.8, 4) is 0 Å². The molecule has 0 amide bonds. The van der Waals surface area contributed by atoms with Gasteiger partial charge in [-0.05, 0) is 5.92 Å². The van der Waals surface area contributed by atoms with Gasteiger partial charge in [0.05, 0.1) is 0 Å². The van der Waals surface area contributed by atoms with E-state index >= 15 is 0 Å². The van der Waals surface area contributed by atoms with Crippen LogP contribution in [-0.2, 0) is 32.7 Å².